The second-order valence-electron chi connectivity index (χ2n) is 5.42. The lowest BCUT2D eigenvalue weighted by Crippen LogP contribution is -2.39. The summed E-state index contributed by atoms with van der Waals surface area (Å²) in [6.07, 6.45) is 2.34. The van der Waals surface area contributed by atoms with E-state index in [9.17, 15) is 4.79 Å². The predicted octanol–water partition coefficient (Wildman–Crippen LogP) is 1.44. The van der Waals surface area contributed by atoms with E-state index in [0.29, 0.717) is 23.0 Å². The number of nitrogen functional groups attached to an aromatic ring is 1. The van der Waals surface area contributed by atoms with E-state index in [2.05, 4.69) is 11.9 Å². The summed E-state index contributed by atoms with van der Waals surface area (Å²) in [5, 5.41) is 0. The van der Waals surface area contributed by atoms with Crippen LogP contribution in [0.2, 0.25) is 0 Å². The standard InChI is InChI=1S/C15H23N3O2/c1-17-8-4-5-11(17)10-18(2)15(19)13-9-12(20-3)6-7-14(13)16/h6-7,9,11H,4-5,8,10,16H2,1-3H3. The zero-order valence-corrected chi connectivity index (χ0v) is 12.4. The van der Waals surface area contributed by atoms with Crippen molar-refractivity contribution in [3.63, 3.8) is 0 Å². The topological polar surface area (TPSA) is 58.8 Å². The van der Waals surface area contributed by atoms with E-state index < -0.39 is 0 Å². The molecule has 0 aliphatic carbocycles. The third-order valence-electron chi connectivity index (χ3n) is 3.99. The van der Waals surface area contributed by atoms with E-state index in [0.717, 1.165) is 19.5 Å². The normalized spacial score (nSPS) is 19.1. The summed E-state index contributed by atoms with van der Waals surface area (Å²) in [5.74, 6) is 0.593. The van der Waals surface area contributed by atoms with Gasteiger partial charge in [0.15, 0.2) is 0 Å². The average Bonchev–Trinajstić information content (AvgIpc) is 2.84. The Labute approximate surface area is 120 Å². The minimum atomic E-state index is -0.0540. The van der Waals surface area contributed by atoms with E-state index in [1.54, 1.807) is 30.2 Å². The van der Waals surface area contributed by atoms with Crippen LogP contribution in [0.5, 0.6) is 5.75 Å². The molecular weight excluding hydrogens is 254 g/mol. The smallest absolute Gasteiger partial charge is 0.255 e. The molecule has 1 amide bonds. The van der Waals surface area contributed by atoms with Crippen LogP contribution in [0.3, 0.4) is 0 Å². The van der Waals surface area contributed by atoms with Crippen LogP contribution in [0.25, 0.3) is 0 Å². The lowest BCUT2D eigenvalue weighted by atomic mass is 10.1. The van der Waals surface area contributed by atoms with Crippen LogP contribution in [0.1, 0.15) is 23.2 Å². The van der Waals surface area contributed by atoms with E-state index in [1.165, 1.54) is 6.42 Å². The number of amides is 1. The Morgan fingerprint density at radius 2 is 2.30 bits per heavy atom. The summed E-state index contributed by atoms with van der Waals surface area (Å²) in [6.45, 7) is 1.83. The third kappa shape index (κ3) is 3.04. The Morgan fingerprint density at radius 1 is 1.55 bits per heavy atom. The molecule has 1 aliphatic rings. The summed E-state index contributed by atoms with van der Waals surface area (Å²) in [6, 6.07) is 5.61. The molecule has 1 aliphatic heterocycles. The fraction of sp³-hybridized carbons (Fsp3) is 0.533. The van der Waals surface area contributed by atoms with Gasteiger partial charge in [-0.05, 0) is 44.6 Å². The SMILES string of the molecule is COc1ccc(N)c(C(=O)N(C)CC2CCCN2C)c1. The van der Waals surface area contributed by atoms with Crippen LogP contribution < -0.4 is 10.5 Å². The molecule has 0 radical (unpaired) electrons. The molecular formula is C15H23N3O2. The molecule has 2 N–H and O–H groups in total. The van der Waals surface area contributed by atoms with Crippen LogP contribution in [-0.2, 0) is 0 Å². The Hall–Kier alpha value is -1.75. The maximum atomic E-state index is 12.5. The van der Waals surface area contributed by atoms with Crippen LogP contribution >= 0.6 is 0 Å². The van der Waals surface area contributed by atoms with Crippen molar-refractivity contribution >= 4 is 11.6 Å². The highest BCUT2D eigenvalue weighted by atomic mass is 16.5. The van der Waals surface area contributed by atoms with E-state index >= 15 is 0 Å². The van der Waals surface area contributed by atoms with Crippen LogP contribution in [0, 0.1) is 0 Å². The van der Waals surface area contributed by atoms with Gasteiger partial charge in [0.1, 0.15) is 5.75 Å². The molecule has 1 saturated heterocycles. The zero-order valence-electron chi connectivity index (χ0n) is 12.4. The Balaban J connectivity index is 2.10. The molecule has 5 nitrogen and oxygen atoms in total. The molecule has 2 rings (SSSR count). The number of rotatable bonds is 4. The summed E-state index contributed by atoms with van der Waals surface area (Å²) in [7, 11) is 5.51. The van der Waals surface area contributed by atoms with Gasteiger partial charge in [0, 0.05) is 25.3 Å². The van der Waals surface area contributed by atoms with Gasteiger partial charge in [-0.15, -0.1) is 0 Å². The molecule has 0 bridgehead atoms. The molecule has 0 saturated carbocycles. The number of anilines is 1. The Morgan fingerprint density at radius 3 is 2.90 bits per heavy atom. The van der Waals surface area contributed by atoms with E-state index in [4.69, 9.17) is 10.5 Å². The highest BCUT2D eigenvalue weighted by Gasteiger charge is 2.25. The largest absolute Gasteiger partial charge is 0.497 e. The van der Waals surface area contributed by atoms with Gasteiger partial charge in [-0.1, -0.05) is 0 Å². The summed E-state index contributed by atoms with van der Waals surface area (Å²) in [5.41, 5.74) is 6.90. The monoisotopic (exact) mass is 277 g/mol. The first-order valence-electron chi connectivity index (χ1n) is 6.92. The number of benzene rings is 1. The van der Waals surface area contributed by atoms with Crippen molar-refractivity contribution in [2.45, 2.75) is 18.9 Å². The molecule has 1 unspecified atom stereocenters. The van der Waals surface area contributed by atoms with Gasteiger partial charge >= 0.3 is 0 Å². The highest BCUT2D eigenvalue weighted by Crippen LogP contribution is 2.22. The fourth-order valence-electron chi connectivity index (χ4n) is 2.66. The van der Waals surface area contributed by atoms with E-state index in [-0.39, 0.29) is 5.91 Å². The first kappa shape index (κ1) is 14.7. The van der Waals surface area contributed by atoms with Gasteiger partial charge in [-0.25, -0.2) is 0 Å². The highest BCUT2D eigenvalue weighted by molar-refractivity contribution is 5.99. The van der Waals surface area contributed by atoms with Crippen molar-refractivity contribution in [2.24, 2.45) is 0 Å². The van der Waals surface area contributed by atoms with Gasteiger partial charge in [0.05, 0.1) is 12.7 Å². The van der Waals surface area contributed by atoms with Gasteiger partial charge in [0.25, 0.3) is 5.91 Å². The number of methoxy groups -OCH3 is 1. The second kappa shape index (κ2) is 6.13. The molecule has 5 heteroatoms. The average molecular weight is 277 g/mol. The van der Waals surface area contributed by atoms with Crippen molar-refractivity contribution in [3.05, 3.63) is 23.8 Å². The van der Waals surface area contributed by atoms with Gasteiger partial charge in [-0.3, -0.25) is 4.79 Å². The number of likely N-dealkylation sites (N-methyl/N-ethyl adjacent to an activating group) is 2. The Bertz CT molecular complexity index is 490. The van der Waals surface area contributed by atoms with Crippen molar-refractivity contribution in [1.29, 1.82) is 0 Å². The summed E-state index contributed by atoms with van der Waals surface area (Å²) < 4.78 is 5.16. The van der Waals surface area contributed by atoms with Crippen LogP contribution in [0.4, 0.5) is 5.69 Å². The lowest BCUT2D eigenvalue weighted by Gasteiger charge is -2.26. The molecule has 1 aromatic carbocycles. The first-order valence-corrected chi connectivity index (χ1v) is 6.92. The van der Waals surface area contributed by atoms with Crippen LogP contribution in [-0.4, -0.2) is 56.0 Å². The number of nitrogens with zero attached hydrogens (tertiary/aromatic N) is 2. The third-order valence-corrected chi connectivity index (χ3v) is 3.99. The lowest BCUT2D eigenvalue weighted by molar-refractivity contribution is 0.0762. The zero-order chi connectivity index (χ0) is 14.7. The van der Waals surface area contributed by atoms with Gasteiger partial charge < -0.3 is 20.3 Å². The molecule has 1 heterocycles. The van der Waals surface area contributed by atoms with Gasteiger partial charge in [-0.2, -0.15) is 0 Å². The number of likely N-dealkylation sites (tertiary alicyclic amines) is 1. The second-order valence-corrected chi connectivity index (χ2v) is 5.42. The van der Waals surface area contributed by atoms with Crippen molar-refractivity contribution in [2.75, 3.05) is 40.0 Å². The molecule has 20 heavy (non-hydrogen) atoms. The van der Waals surface area contributed by atoms with Crippen LogP contribution in [0.15, 0.2) is 18.2 Å². The maximum absolute atomic E-state index is 12.5. The quantitative estimate of drug-likeness (QED) is 0.846. The molecule has 0 aromatic heterocycles. The van der Waals surface area contributed by atoms with Gasteiger partial charge in [0.2, 0.25) is 0 Å². The first-order chi connectivity index (χ1) is 9.52. The summed E-state index contributed by atoms with van der Waals surface area (Å²) in [4.78, 5) is 16.6. The number of ether oxygens (including phenoxy) is 1. The Kier molecular flexibility index (Phi) is 4.49. The molecule has 110 valence electrons. The predicted molar refractivity (Wildman–Crippen MR) is 80.0 cm³/mol. The summed E-state index contributed by atoms with van der Waals surface area (Å²) >= 11 is 0. The number of hydrogen-bond acceptors (Lipinski definition) is 4. The van der Waals surface area contributed by atoms with Crippen molar-refractivity contribution in [1.82, 2.24) is 9.80 Å². The number of nitrogens with two attached hydrogens (primary N) is 1. The van der Waals surface area contributed by atoms with Crippen molar-refractivity contribution < 1.29 is 9.53 Å². The molecule has 1 atom stereocenters. The maximum Gasteiger partial charge on any atom is 0.255 e. The van der Waals surface area contributed by atoms with E-state index in [1.807, 2.05) is 7.05 Å². The minimum absolute atomic E-state index is 0.0540. The fourth-order valence-corrected chi connectivity index (χ4v) is 2.66. The molecule has 1 fully saturated rings. The molecule has 1 aromatic rings. The number of hydrogen-bond donors (Lipinski definition) is 1. The number of carbonyl (C=O) groups excluding carboxylic acids is 1. The van der Waals surface area contributed by atoms with Crippen molar-refractivity contribution in [3.8, 4) is 5.75 Å². The molecule has 0 spiro atoms. The number of carbonyl (C=O) groups is 1. The minimum Gasteiger partial charge on any atom is -0.497 e.